The van der Waals surface area contributed by atoms with E-state index in [-0.39, 0.29) is 12.3 Å². The number of carboxylic acids is 1. The second kappa shape index (κ2) is 4.44. The van der Waals surface area contributed by atoms with E-state index in [1.165, 1.54) is 6.42 Å². The van der Waals surface area contributed by atoms with Crippen LogP contribution >= 0.6 is 0 Å². The third-order valence-corrected chi connectivity index (χ3v) is 2.87. The van der Waals surface area contributed by atoms with E-state index in [2.05, 4.69) is 0 Å². The van der Waals surface area contributed by atoms with E-state index in [0.29, 0.717) is 6.04 Å². The van der Waals surface area contributed by atoms with Crippen LogP contribution in [0.15, 0.2) is 0 Å². The van der Waals surface area contributed by atoms with Crippen LogP contribution in [-0.2, 0) is 9.59 Å². The third-order valence-electron chi connectivity index (χ3n) is 2.87. The van der Waals surface area contributed by atoms with E-state index < -0.39 is 11.9 Å². The van der Waals surface area contributed by atoms with Crippen molar-refractivity contribution in [3.8, 4) is 0 Å². The summed E-state index contributed by atoms with van der Waals surface area (Å²) in [5.41, 5.74) is 0. The number of carbonyl (C=O) groups excluding carboxylic acids is 1. The predicted octanol–water partition coefficient (Wildman–Crippen LogP) is 1.11. The van der Waals surface area contributed by atoms with Gasteiger partial charge in [0.05, 0.1) is 6.42 Å². The van der Waals surface area contributed by atoms with E-state index >= 15 is 0 Å². The Hall–Kier alpha value is -1.06. The molecule has 1 N–H and O–H groups in total. The first kappa shape index (κ1) is 11.0. The van der Waals surface area contributed by atoms with Crippen LogP contribution in [0.3, 0.4) is 0 Å². The molecule has 1 unspecified atom stereocenters. The van der Waals surface area contributed by atoms with Gasteiger partial charge in [-0.15, -0.1) is 0 Å². The summed E-state index contributed by atoms with van der Waals surface area (Å²) in [5.74, 6) is -1.36. The maximum atomic E-state index is 11.7. The highest BCUT2D eigenvalue weighted by atomic mass is 16.4. The van der Waals surface area contributed by atoms with Gasteiger partial charge in [-0.2, -0.15) is 0 Å². The van der Waals surface area contributed by atoms with Gasteiger partial charge in [0, 0.05) is 19.0 Å². The minimum Gasteiger partial charge on any atom is -0.481 e. The maximum Gasteiger partial charge on any atom is 0.304 e. The molecule has 4 heteroatoms. The zero-order chi connectivity index (χ0) is 10.7. The van der Waals surface area contributed by atoms with Crippen molar-refractivity contribution in [3.05, 3.63) is 0 Å². The van der Waals surface area contributed by atoms with Crippen LogP contribution in [0.2, 0.25) is 0 Å². The molecular weight excluding hydrogens is 182 g/mol. The fourth-order valence-electron chi connectivity index (χ4n) is 1.65. The van der Waals surface area contributed by atoms with E-state index in [4.69, 9.17) is 5.11 Å². The minimum atomic E-state index is -0.909. The highest BCUT2D eigenvalue weighted by Crippen LogP contribution is 2.25. The van der Waals surface area contributed by atoms with Gasteiger partial charge in [-0.25, -0.2) is 0 Å². The van der Waals surface area contributed by atoms with Crippen LogP contribution in [0.4, 0.5) is 0 Å². The predicted molar refractivity (Wildman–Crippen MR) is 51.8 cm³/mol. The van der Waals surface area contributed by atoms with Crippen LogP contribution in [-0.4, -0.2) is 35.0 Å². The fraction of sp³-hybridized carbons (Fsp3) is 0.800. The average molecular weight is 199 g/mol. The van der Waals surface area contributed by atoms with Crippen molar-refractivity contribution < 1.29 is 14.7 Å². The molecule has 80 valence electrons. The van der Waals surface area contributed by atoms with Gasteiger partial charge in [-0.1, -0.05) is 6.92 Å². The van der Waals surface area contributed by atoms with Crippen LogP contribution in [0.5, 0.6) is 0 Å². The average Bonchev–Trinajstić information content (AvgIpc) is 1.98. The Bertz CT molecular complexity index is 236. The van der Waals surface area contributed by atoms with Crippen molar-refractivity contribution >= 4 is 11.9 Å². The SMILES string of the molecule is CC(CC(=O)O)C(=O)N(C)C1CCC1. The minimum absolute atomic E-state index is 0.0444. The Labute approximate surface area is 83.9 Å². The standard InChI is InChI=1S/C10H17NO3/c1-7(6-9(12)13)10(14)11(2)8-4-3-5-8/h7-8H,3-6H2,1-2H3,(H,12,13). The number of nitrogens with zero attached hydrogens (tertiary/aromatic N) is 1. The van der Waals surface area contributed by atoms with Crippen LogP contribution in [0.1, 0.15) is 32.6 Å². The molecule has 1 aliphatic rings. The van der Waals surface area contributed by atoms with Gasteiger partial charge < -0.3 is 10.0 Å². The van der Waals surface area contributed by atoms with E-state index in [9.17, 15) is 9.59 Å². The first-order valence-electron chi connectivity index (χ1n) is 5.01. The van der Waals surface area contributed by atoms with E-state index in [1.807, 2.05) is 0 Å². The first-order chi connectivity index (χ1) is 6.52. The van der Waals surface area contributed by atoms with Gasteiger partial charge in [0.2, 0.25) is 5.91 Å². The molecule has 0 spiro atoms. The lowest BCUT2D eigenvalue weighted by molar-refractivity contribution is -0.145. The number of carbonyl (C=O) groups is 2. The number of aliphatic carboxylic acids is 1. The smallest absolute Gasteiger partial charge is 0.304 e. The molecule has 0 aromatic rings. The lowest BCUT2D eigenvalue weighted by Gasteiger charge is -2.36. The van der Waals surface area contributed by atoms with Gasteiger partial charge in [0.25, 0.3) is 0 Å². The molecule has 1 rings (SSSR count). The van der Waals surface area contributed by atoms with Crippen molar-refractivity contribution in [1.82, 2.24) is 4.90 Å². The topological polar surface area (TPSA) is 57.6 Å². The molecule has 0 saturated heterocycles. The van der Waals surface area contributed by atoms with Crippen LogP contribution in [0.25, 0.3) is 0 Å². The lowest BCUT2D eigenvalue weighted by Crippen LogP contribution is -2.44. The number of amides is 1. The summed E-state index contributed by atoms with van der Waals surface area (Å²) in [6, 6.07) is 0.346. The molecule has 0 heterocycles. The molecule has 0 bridgehead atoms. The van der Waals surface area contributed by atoms with Gasteiger partial charge in [0.1, 0.15) is 0 Å². The quantitative estimate of drug-likeness (QED) is 0.737. The maximum absolute atomic E-state index is 11.7. The number of hydrogen-bond donors (Lipinski definition) is 1. The summed E-state index contributed by atoms with van der Waals surface area (Å²) in [5, 5.41) is 8.55. The molecule has 0 radical (unpaired) electrons. The molecular formula is C10H17NO3. The molecule has 0 aromatic heterocycles. The molecule has 4 nitrogen and oxygen atoms in total. The van der Waals surface area contributed by atoms with Crippen molar-refractivity contribution in [2.24, 2.45) is 5.92 Å². The zero-order valence-electron chi connectivity index (χ0n) is 8.69. The Kier molecular flexibility index (Phi) is 3.49. The normalized spacial score (nSPS) is 18.4. The van der Waals surface area contributed by atoms with Gasteiger partial charge >= 0.3 is 5.97 Å². The third kappa shape index (κ3) is 2.47. The number of hydrogen-bond acceptors (Lipinski definition) is 2. The monoisotopic (exact) mass is 199 g/mol. The second-order valence-electron chi connectivity index (χ2n) is 4.03. The molecule has 1 saturated carbocycles. The zero-order valence-corrected chi connectivity index (χ0v) is 8.69. The Morgan fingerprint density at radius 1 is 1.50 bits per heavy atom. The van der Waals surface area contributed by atoms with Crippen molar-refractivity contribution in [1.29, 1.82) is 0 Å². The molecule has 1 atom stereocenters. The summed E-state index contributed by atoms with van der Waals surface area (Å²) in [6.07, 6.45) is 3.22. The summed E-state index contributed by atoms with van der Waals surface area (Å²) in [4.78, 5) is 23.8. The highest BCUT2D eigenvalue weighted by Gasteiger charge is 2.28. The van der Waals surface area contributed by atoms with Gasteiger partial charge in [-0.05, 0) is 19.3 Å². The lowest BCUT2D eigenvalue weighted by atomic mass is 9.91. The molecule has 14 heavy (non-hydrogen) atoms. The molecule has 0 aliphatic heterocycles. The molecule has 0 aromatic carbocycles. The summed E-state index contributed by atoms with van der Waals surface area (Å²) < 4.78 is 0. The Balaban J connectivity index is 2.42. The second-order valence-corrected chi connectivity index (χ2v) is 4.03. The number of carboxylic acid groups (broad SMARTS) is 1. The van der Waals surface area contributed by atoms with E-state index in [1.54, 1.807) is 18.9 Å². The summed E-state index contributed by atoms with van der Waals surface area (Å²) in [7, 11) is 1.77. The number of rotatable bonds is 4. The van der Waals surface area contributed by atoms with Gasteiger partial charge in [0.15, 0.2) is 0 Å². The van der Waals surface area contributed by atoms with Crippen LogP contribution in [0, 0.1) is 5.92 Å². The summed E-state index contributed by atoms with van der Waals surface area (Å²) in [6.45, 7) is 1.67. The first-order valence-corrected chi connectivity index (χ1v) is 5.01. The van der Waals surface area contributed by atoms with Gasteiger partial charge in [-0.3, -0.25) is 9.59 Å². The van der Waals surface area contributed by atoms with Crippen molar-refractivity contribution in [3.63, 3.8) is 0 Å². The van der Waals surface area contributed by atoms with E-state index in [0.717, 1.165) is 12.8 Å². The van der Waals surface area contributed by atoms with Crippen molar-refractivity contribution in [2.75, 3.05) is 7.05 Å². The molecule has 1 amide bonds. The Morgan fingerprint density at radius 2 is 2.07 bits per heavy atom. The Morgan fingerprint density at radius 3 is 2.43 bits per heavy atom. The molecule has 1 aliphatic carbocycles. The highest BCUT2D eigenvalue weighted by molar-refractivity contribution is 5.83. The van der Waals surface area contributed by atoms with Crippen molar-refractivity contribution in [2.45, 2.75) is 38.6 Å². The fourth-order valence-corrected chi connectivity index (χ4v) is 1.65. The largest absolute Gasteiger partial charge is 0.481 e. The van der Waals surface area contributed by atoms with Crippen LogP contribution < -0.4 is 0 Å². The summed E-state index contributed by atoms with van der Waals surface area (Å²) >= 11 is 0. The molecule has 1 fully saturated rings.